The summed E-state index contributed by atoms with van der Waals surface area (Å²) in [6.45, 7) is 6.61. The molecule has 1 aromatic heterocycles. The molecular formula is C24H29NOS. The van der Waals surface area contributed by atoms with Crippen LogP contribution in [0.5, 0.6) is 0 Å². The van der Waals surface area contributed by atoms with Gasteiger partial charge < -0.3 is 4.57 Å². The van der Waals surface area contributed by atoms with Crippen molar-refractivity contribution in [3.8, 4) is 0 Å². The van der Waals surface area contributed by atoms with Crippen LogP contribution in [-0.2, 0) is 0 Å². The molecule has 1 heterocycles. The van der Waals surface area contributed by atoms with Crippen molar-refractivity contribution < 1.29 is 4.79 Å². The van der Waals surface area contributed by atoms with Crippen LogP contribution in [0.25, 0.3) is 10.9 Å². The van der Waals surface area contributed by atoms with Crippen molar-refractivity contribution in [2.24, 2.45) is 0 Å². The third kappa shape index (κ3) is 4.30. The average Bonchev–Trinajstić information content (AvgIpc) is 2.99. The second-order valence-electron chi connectivity index (χ2n) is 7.15. The Morgan fingerprint density at radius 2 is 1.74 bits per heavy atom. The Kier molecular flexibility index (Phi) is 6.78. The summed E-state index contributed by atoms with van der Waals surface area (Å²) in [7, 11) is 0. The quantitative estimate of drug-likeness (QED) is 0.306. The highest BCUT2D eigenvalue weighted by molar-refractivity contribution is 7.99. The predicted molar refractivity (Wildman–Crippen MR) is 118 cm³/mol. The maximum atomic E-state index is 13.2. The lowest BCUT2D eigenvalue weighted by Gasteiger charge is -2.18. The molecule has 2 nitrogen and oxygen atoms in total. The third-order valence-electron chi connectivity index (χ3n) is 5.18. The summed E-state index contributed by atoms with van der Waals surface area (Å²) < 4.78 is 2.37. The van der Waals surface area contributed by atoms with Crippen LogP contribution in [-0.4, -0.2) is 21.9 Å². The summed E-state index contributed by atoms with van der Waals surface area (Å²) >= 11 is 2.04. The molecule has 3 aromatic rings. The summed E-state index contributed by atoms with van der Waals surface area (Å²) in [6, 6.07) is 18.3. The number of ketones is 1. The van der Waals surface area contributed by atoms with E-state index in [1.165, 1.54) is 24.1 Å². The van der Waals surface area contributed by atoms with E-state index in [1.54, 1.807) is 0 Å². The van der Waals surface area contributed by atoms with Gasteiger partial charge in [-0.05, 0) is 44.3 Å². The van der Waals surface area contributed by atoms with Crippen molar-refractivity contribution in [3.63, 3.8) is 0 Å². The highest BCUT2D eigenvalue weighted by atomic mass is 32.2. The normalized spacial score (nSPS) is 12.4. The van der Waals surface area contributed by atoms with E-state index in [0.717, 1.165) is 34.4 Å². The lowest BCUT2D eigenvalue weighted by atomic mass is 10.0. The van der Waals surface area contributed by atoms with Crippen LogP contribution in [0.3, 0.4) is 0 Å². The second kappa shape index (κ2) is 9.27. The van der Waals surface area contributed by atoms with Crippen LogP contribution in [0.2, 0.25) is 0 Å². The number of hydrogen-bond donors (Lipinski definition) is 0. The fraction of sp³-hybridized carbons (Fsp3) is 0.375. The summed E-state index contributed by atoms with van der Waals surface area (Å²) in [6.07, 6.45) is 3.67. The number of unbranched alkanes of at least 4 members (excludes halogenated alkanes) is 1. The van der Waals surface area contributed by atoms with Crippen LogP contribution in [0.1, 0.15) is 60.8 Å². The van der Waals surface area contributed by atoms with Gasteiger partial charge in [-0.3, -0.25) is 4.79 Å². The van der Waals surface area contributed by atoms with Gasteiger partial charge in [-0.1, -0.05) is 61.9 Å². The summed E-state index contributed by atoms with van der Waals surface area (Å²) in [5.41, 5.74) is 3.85. The first-order valence-electron chi connectivity index (χ1n) is 9.92. The SMILES string of the molecule is CCCCSCCC(C)n1c(C)c(C(=O)c2ccccc2)c2ccccc21. The first-order valence-corrected chi connectivity index (χ1v) is 11.1. The van der Waals surface area contributed by atoms with Crippen molar-refractivity contribution in [3.05, 3.63) is 71.4 Å². The van der Waals surface area contributed by atoms with Crippen molar-refractivity contribution >= 4 is 28.4 Å². The lowest BCUT2D eigenvalue weighted by molar-refractivity contribution is 0.103. The summed E-state index contributed by atoms with van der Waals surface area (Å²) in [4.78, 5) is 13.2. The zero-order chi connectivity index (χ0) is 19.2. The molecule has 1 unspecified atom stereocenters. The standard InChI is InChI=1S/C24H29NOS/c1-4-5-16-27-17-15-18(2)25-19(3)23(21-13-9-10-14-22(21)25)24(26)20-11-7-6-8-12-20/h6-14,18H,4-5,15-17H2,1-3H3. The van der Waals surface area contributed by atoms with Crippen molar-refractivity contribution in [1.29, 1.82) is 0 Å². The van der Waals surface area contributed by atoms with E-state index in [-0.39, 0.29) is 5.78 Å². The fourth-order valence-electron chi connectivity index (χ4n) is 3.71. The molecule has 27 heavy (non-hydrogen) atoms. The van der Waals surface area contributed by atoms with Crippen LogP contribution in [0, 0.1) is 6.92 Å². The van der Waals surface area contributed by atoms with E-state index in [4.69, 9.17) is 0 Å². The van der Waals surface area contributed by atoms with Gasteiger partial charge in [0.1, 0.15) is 0 Å². The predicted octanol–water partition coefficient (Wildman–Crippen LogP) is 6.67. The number of aromatic nitrogens is 1. The minimum atomic E-state index is 0.118. The monoisotopic (exact) mass is 379 g/mol. The molecule has 142 valence electrons. The average molecular weight is 380 g/mol. The van der Waals surface area contributed by atoms with Gasteiger partial charge in [-0.15, -0.1) is 0 Å². The van der Waals surface area contributed by atoms with Gasteiger partial charge in [0, 0.05) is 28.2 Å². The molecule has 3 rings (SSSR count). The molecule has 0 saturated heterocycles. The first-order chi connectivity index (χ1) is 13.1. The van der Waals surface area contributed by atoms with Crippen LogP contribution in [0.4, 0.5) is 0 Å². The lowest BCUT2D eigenvalue weighted by Crippen LogP contribution is -2.10. The molecule has 3 heteroatoms. The fourth-order valence-corrected chi connectivity index (χ4v) is 4.92. The minimum absolute atomic E-state index is 0.118. The summed E-state index contributed by atoms with van der Waals surface area (Å²) in [5, 5.41) is 1.06. The van der Waals surface area contributed by atoms with Gasteiger partial charge in [-0.25, -0.2) is 0 Å². The molecule has 0 radical (unpaired) electrons. The number of fused-ring (bicyclic) bond motifs is 1. The molecule has 0 aliphatic heterocycles. The van der Waals surface area contributed by atoms with Crippen LogP contribution in [0.15, 0.2) is 54.6 Å². The third-order valence-corrected chi connectivity index (χ3v) is 6.28. The van der Waals surface area contributed by atoms with Crippen molar-refractivity contribution in [2.75, 3.05) is 11.5 Å². The molecule has 0 aliphatic carbocycles. The molecule has 0 saturated carbocycles. The molecule has 0 spiro atoms. The van der Waals surface area contributed by atoms with Crippen molar-refractivity contribution in [2.45, 2.75) is 46.1 Å². The number of carbonyl (C=O) groups excluding carboxylic acids is 1. The van der Waals surface area contributed by atoms with Gasteiger partial charge in [0.2, 0.25) is 0 Å². The maximum absolute atomic E-state index is 13.2. The Morgan fingerprint density at radius 3 is 2.48 bits per heavy atom. The highest BCUT2D eigenvalue weighted by Gasteiger charge is 2.22. The van der Waals surface area contributed by atoms with Gasteiger partial charge >= 0.3 is 0 Å². The Balaban J connectivity index is 1.93. The Bertz CT molecular complexity index is 897. The smallest absolute Gasteiger partial charge is 0.195 e. The number of para-hydroxylation sites is 1. The Hall–Kier alpha value is -2.00. The topological polar surface area (TPSA) is 22.0 Å². The van der Waals surface area contributed by atoms with Gasteiger partial charge in [-0.2, -0.15) is 11.8 Å². The molecule has 0 N–H and O–H groups in total. The summed E-state index contributed by atoms with van der Waals surface area (Å²) in [5.74, 6) is 2.52. The zero-order valence-electron chi connectivity index (χ0n) is 16.6. The van der Waals surface area contributed by atoms with E-state index in [0.29, 0.717) is 6.04 Å². The zero-order valence-corrected chi connectivity index (χ0v) is 17.4. The number of thioether (sulfide) groups is 1. The molecule has 0 amide bonds. The van der Waals surface area contributed by atoms with E-state index in [2.05, 4.69) is 43.5 Å². The minimum Gasteiger partial charge on any atom is -0.341 e. The van der Waals surface area contributed by atoms with Gasteiger partial charge in [0.15, 0.2) is 5.78 Å². The molecule has 1 atom stereocenters. The van der Waals surface area contributed by atoms with Crippen LogP contribution >= 0.6 is 11.8 Å². The van der Waals surface area contributed by atoms with E-state index in [9.17, 15) is 4.79 Å². The van der Waals surface area contributed by atoms with E-state index < -0.39 is 0 Å². The van der Waals surface area contributed by atoms with Crippen molar-refractivity contribution in [1.82, 2.24) is 4.57 Å². The number of nitrogens with zero attached hydrogens (tertiary/aromatic N) is 1. The molecule has 0 fully saturated rings. The highest BCUT2D eigenvalue weighted by Crippen LogP contribution is 2.32. The van der Waals surface area contributed by atoms with Crippen LogP contribution < -0.4 is 0 Å². The number of rotatable bonds is 9. The first kappa shape index (κ1) is 19.8. The number of carbonyl (C=O) groups is 1. The Labute approximate surface area is 167 Å². The van der Waals surface area contributed by atoms with E-state index in [1.807, 2.05) is 48.2 Å². The number of hydrogen-bond acceptors (Lipinski definition) is 2. The molecular weight excluding hydrogens is 350 g/mol. The second-order valence-corrected chi connectivity index (χ2v) is 8.37. The molecule has 0 aliphatic rings. The van der Waals surface area contributed by atoms with Gasteiger partial charge in [0.25, 0.3) is 0 Å². The maximum Gasteiger partial charge on any atom is 0.195 e. The van der Waals surface area contributed by atoms with E-state index >= 15 is 0 Å². The number of benzene rings is 2. The Morgan fingerprint density at radius 1 is 1.04 bits per heavy atom. The van der Waals surface area contributed by atoms with Gasteiger partial charge in [0.05, 0.1) is 5.56 Å². The molecule has 2 aromatic carbocycles. The largest absolute Gasteiger partial charge is 0.341 e. The molecule has 0 bridgehead atoms.